The number of hydrogen-bond acceptors (Lipinski definition) is 3. The Hall–Kier alpha value is -2.64. The van der Waals surface area contributed by atoms with E-state index in [-0.39, 0.29) is 11.4 Å². The normalized spacial score (nSPS) is 11.3. The lowest BCUT2D eigenvalue weighted by molar-refractivity contribution is -0.114. The molecule has 0 aliphatic heterocycles. The van der Waals surface area contributed by atoms with Gasteiger partial charge in [0.15, 0.2) is 0 Å². The standard InChI is InChI=1S/C24H25BrN2O3S/c1-16-5-9-21(10-6-16)31(29,30)27(23-12-7-17(2)13-19(23)4)15-24(28)26-20-8-11-22(25)18(3)14-20/h5-14H,15H2,1-4H3,(H,26,28). The average Bonchev–Trinajstić information content (AvgIpc) is 2.70. The first-order valence-electron chi connectivity index (χ1n) is 9.80. The number of benzene rings is 3. The largest absolute Gasteiger partial charge is 0.325 e. The van der Waals surface area contributed by atoms with Gasteiger partial charge < -0.3 is 5.32 Å². The Morgan fingerprint density at radius 3 is 2.13 bits per heavy atom. The predicted octanol–water partition coefficient (Wildman–Crippen LogP) is 5.52. The van der Waals surface area contributed by atoms with Crippen molar-refractivity contribution in [1.82, 2.24) is 0 Å². The number of nitrogens with zero attached hydrogens (tertiary/aromatic N) is 1. The van der Waals surface area contributed by atoms with Crippen LogP contribution in [-0.4, -0.2) is 20.9 Å². The van der Waals surface area contributed by atoms with E-state index in [0.29, 0.717) is 11.4 Å². The van der Waals surface area contributed by atoms with Crippen LogP contribution < -0.4 is 9.62 Å². The third-order valence-corrected chi connectivity index (χ3v) is 7.62. The van der Waals surface area contributed by atoms with Crippen LogP contribution in [0.25, 0.3) is 0 Å². The van der Waals surface area contributed by atoms with Gasteiger partial charge in [-0.3, -0.25) is 9.10 Å². The Morgan fingerprint density at radius 1 is 0.871 bits per heavy atom. The number of anilines is 2. The predicted molar refractivity (Wildman–Crippen MR) is 129 cm³/mol. The van der Waals surface area contributed by atoms with Crippen molar-refractivity contribution in [2.24, 2.45) is 0 Å². The first-order valence-corrected chi connectivity index (χ1v) is 12.0. The van der Waals surface area contributed by atoms with E-state index in [2.05, 4.69) is 21.2 Å². The summed E-state index contributed by atoms with van der Waals surface area (Å²) in [6, 6.07) is 17.6. The monoisotopic (exact) mass is 500 g/mol. The molecule has 3 rings (SSSR count). The van der Waals surface area contributed by atoms with Gasteiger partial charge in [0.1, 0.15) is 6.54 Å². The minimum atomic E-state index is -3.94. The zero-order valence-corrected chi connectivity index (χ0v) is 20.3. The molecule has 0 saturated carbocycles. The zero-order chi connectivity index (χ0) is 22.8. The summed E-state index contributed by atoms with van der Waals surface area (Å²) in [6.07, 6.45) is 0. The third kappa shape index (κ3) is 5.35. The van der Waals surface area contributed by atoms with E-state index in [0.717, 1.165) is 26.7 Å². The van der Waals surface area contributed by atoms with Crippen molar-refractivity contribution in [1.29, 1.82) is 0 Å². The molecule has 0 atom stereocenters. The van der Waals surface area contributed by atoms with Crippen molar-refractivity contribution in [2.45, 2.75) is 32.6 Å². The molecule has 0 fully saturated rings. The number of rotatable bonds is 6. The molecule has 7 heteroatoms. The Labute approximate surface area is 192 Å². The summed E-state index contributed by atoms with van der Waals surface area (Å²) in [5, 5.41) is 2.81. The number of hydrogen-bond donors (Lipinski definition) is 1. The summed E-state index contributed by atoms with van der Waals surface area (Å²) in [6.45, 7) is 7.26. The molecule has 1 N–H and O–H groups in total. The lowest BCUT2D eigenvalue weighted by Gasteiger charge is -2.26. The van der Waals surface area contributed by atoms with Gasteiger partial charge in [-0.2, -0.15) is 0 Å². The fourth-order valence-electron chi connectivity index (χ4n) is 3.28. The van der Waals surface area contributed by atoms with Crippen LogP contribution in [0.15, 0.2) is 70.0 Å². The number of nitrogens with one attached hydrogen (secondary N) is 1. The van der Waals surface area contributed by atoms with Gasteiger partial charge in [-0.05, 0) is 75.2 Å². The lowest BCUT2D eigenvalue weighted by atomic mass is 10.1. The second-order valence-electron chi connectivity index (χ2n) is 7.63. The zero-order valence-electron chi connectivity index (χ0n) is 17.9. The summed E-state index contributed by atoms with van der Waals surface area (Å²) in [4.78, 5) is 13.0. The molecule has 0 aromatic heterocycles. The molecule has 0 aliphatic carbocycles. The number of carbonyl (C=O) groups is 1. The first-order chi connectivity index (χ1) is 14.6. The van der Waals surface area contributed by atoms with Gasteiger partial charge in [-0.25, -0.2) is 8.42 Å². The van der Waals surface area contributed by atoms with Crippen LogP contribution in [0, 0.1) is 27.7 Å². The van der Waals surface area contributed by atoms with E-state index in [9.17, 15) is 13.2 Å². The van der Waals surface area contributed by atoms with Crippen LogP contribution in [-0.2, 0) is 14.8 Å². The molecule has 0 radical (unpaired) electrons. The van der Waals surface area contributed by atoms with Crippen molar-refractivity contribution < 1.29 is 13.2 Å². The maximum absolute atomic E-state index is 13.5. The van der Waals surface area contributed by atoms with Gasteiger partial charge in [0, 0.05) is 10.2 Å². The van der Waals surface area contributed by atoms with Crippen LogP contribution in [0.2, 0.25) is 0 Å². The first kappa shape index (κ1) is 23.0. The molecule has 0 bridgehead atoms. The highest BCUT2D eigenvalue weighted by Crippen LogP contribution is 2.28. The molecule has 5 nitrogen and oxygen atoms in total. The summed E-state index contributed by atoms with van der Waals surface area (Å²) >= 11 is 3.44. The van der Waals surface area contributed by atoms with Crippen LogP contribution in [0.5, 0.6) is 0 Å². The maximum Gasteiger partial charge on any atom is 0.264 e. The van der Waals surface area contributed by atoms with Gasteiger partial charge in [-0.1, -0.05) is 51.3 Å². The summed E-state index contributed by atoms with van der Waals surface area (Å²) < 4.78 is 29.1. The Kier molecular flexibility index (Phi) is 6.86. The molecule has 3 aromatic rings. The quantitative estimate of drug-likeness (QED) is 0.484. The smallest absolute Gasteiger partial charge is 0.264 e. The molecule has 3 aromatic carbocycles. The van der Waals surface area contributed by atoms with E-state index in [1.54, 1.807) is 36.4 Å². The topological polar surface area (TPSA) is 66.5 Å². The van der Waals surface area contributed by atoms with E-state index in [1.807, 2.05) is 52.0 Å². The van der Waals surface area contributed by atoms with Crippen molar-refractivity contribution in [2.75, 3.05) is 16.2 Å². The molecule has 0 unspecified atom stereocenters. The van der Waals surface area contributed by atoms with Gasteiger partial charge in [0.25, 0.3) is 10.0 Å². The Balaban J connectivity index is 1.98. The number of aryl methyl sites for hydroxylation is 4. The molecule has 0 aliphatic rings. The molecular weight excluding hydrogens is 476 g/mol. The average molecular weight is 501 g/mol. The fourth-order valence-corrected chi connectivity index (χ4v) is 5.01. The number of carbonyl (C=O) groups excluding carboxylic acids is 1. The molecule has 1 amide bonds. The van der Waals surface area contributed by atoms with E-state index < -0.39 is 15.9 Å². The number of halogens is 1. The van der Waals surface area contributed by atoms with Crippen LogP contribution in [0.4, 0.5) is 11.4 Å². The number of amides is 1. The number of sulfonamides is 1. The molecule has 0 saturated heterocycles. The molecule has 31 heavy (non-hydrogen) atoms. The van der Waals surface area contributed by atoms with Crippen LogP contribution in [0.1, 0.15) is 22.3 Å². The van der Waals surface area contributed by atoms with Gasteiger partial charge in [-0.15, -0.1) is 0 Å². The van der Waals surface area contributed by atoms with Crippen molar-refractivity contribution in [3.05, 3.63) is 87.4 Å². The van der Waals surface area contributed by atoms with Crippen LogP contribution >= 0.6 is 15.9 Å². The van der Waals surface area contributed by atoms with E-state index in [4.69, 9.17) is 0 Å². The van der Waals surface area contributed by atoms with E-state index in [1.165, 1.54) is 4.31 Å². The molecule has 162 valence electrons. The molecular formula is C24H25BrN2O3S. The second kappa shape index (κ2) is 9.24. The van der Waals surface area contributed by atoms with Gasteiger partial charge in [0.05, 0.1) is 10.6 Å². The minimum Gasteiger partial charge on any atom is -0.325 e. The highest BCUT2D eigenvalue weighted by Gasteiger charge is 2.28. The molecule has 0 heterocycles. The van der Waals surface area contributed by atoms with Gasteiger partial charge >= 0.3 is 0 Å². The summed E-state index contributed by atoms with van der Waals surface area (Å²) in [7, 11) is -3.94. The Morgan fingerprint density at radius 2 is 1.52 bits per heavy atom. The van der Waals surface area contributed by atoms with E-state index >= 15 is 0 Å². The Bertz CT molecular complexity index is 1220. The minimum absolute atomic E-state index is 0.144. The van der Waals surface area contributed by atoms with Crippen molar-refractivity contribution >= 4 is 43.2 Å². The highest BCUT2D eigenvalue weighted by atomic mass is 79.9. The van der Waals surface area contributed by atoms with Crippen molar-refractivity contribution in [3.63, 3.8) is 0 Å². The van der Waals surface area contributed by atoms with Crippen molar-refractivity contribution in [3.8, 4) is 0 Å². The highest BCUT2D eigenvalue weighted by molar-refractivity contribution is 9.10. The fraction of sp³-hybridized carbons (Fsp3) is 0.208. The molecule has 0 spiro atoms. The lowest BCUT2D eigenvalue weighted by Crippen LogP contribution is -2.38. The van der Waals surface area contributed by atoms with Gasteiger partial charge in [0.2, 0.25) is 5.91 Å². The summed E-state index contributed by atoms with van der Waals surface area (Å²) in [5.41, 5.74) is 4.82. The second-order valence-corrected chi connectivity index (χ2v) is 10.3. The summed E-state index contributed by atoms with van der Waals surface area (Å²) in [5.74, 6) is -0.419. The van der Waals surface area contributed by atoms with Crippen LogP contribution in [0.3, 0.4) is 0 Å². The SMILES string of the molecule is Cc1ccc(S(=O)(=O)N(CC(=O)Nc2ccc(Br)c(C)c2)c2ccc(C)cc2C)cc1. The third-order valence-electron chi connectivity index (χ3n) is 4.96. The maximum atomic E-state index is 13.5.